The molecule has 0 saturated carbocycles. The van der Waals surface area contributed by atoms with Crippen molar-refractivity contribution in [3.05, 3.63) is 51.8 Å². The van der Waals surface area contributed by atoms with Gasteiger partial charge in [0.15, 0.2) is 5.69 Å². The van der Waals surface area contributed by atoms with Crippen LogP contribution in [0.4, 0.5) is 13.2 Å². The van der Waals surface area contributed by atoms with Crippen LogP contribution in [0.3, 0.4) is 0 Å². The lowest BCUT2D eigenvalue weighted by molar-refractivity contribution is -0.141. The number of aromatic amines is 1. The minimum absolute atomic E-state index is 0.206. The van der Waals surface area contributed by atoms with Crippen LogP contribution < -0.4 is 5.73 Å². The molecule has 19 heavy (non-hydrogen) atoms. The van der Waals surface area contributed by atoms with Crippen LogP contribution in [-0.2, 0) is 11.7 Å². The zero-order valence-corrected chi connectivity index (χ0v) is 11.5. The fourth-order valence-corrected chi connectivity index (χ4v) is 2.10. The lowest BCUT2D eigenvalue weighted by Gasteiger charge is -2.23. The molecule has 0 bridgehead atoms. The molecule has 1 aromatic carbocycles. The predicted octanol–water partition coefficient (Wildman–Crippen LogP) is 3.41. The van der Waals surface area contributed by atoms with Crippen molar-refractivity contribution in [1.29, 1.82) is 0 Å². The summed E-state index contributed by atoms with van der Waals surface area (Å²) < 4.78 is 38.4. The summed E-state index contributed by atoms with van der Waals surface area (Å²) in [6.45, 7) is 1.63. The summed E-state index contributed by atoms with van der Waals surface area (Å²) in [5.41, 5.74) is 4.95. The quantitative estimate of drug-likeness (QED) is 0.884. The summed E-state index contributed by atoms with van der Waals surface area (Å²) in [5.74, 6) is 0. The van der Waals surface area contributed by atoms with E-state index < -0.39 is 17.4 Å². The molecule has 7 heteroatoms. The molecule has 1 atom stereocenters. The van der Waals surface area contributed by atoms with Crippen molar-refractivity contribution in [2.75, 3.05) is 0 Å². The van der Waals surface area contributed by atoms with Crippen molar-refractivity contribution >= 4 is 15.9 Å². The molecule has 2 rings (SSSR count). The zero-order chi connectivity index (χ0) is 14.3. The van der Waals surface area contributed by atoms with E-state index in [1.54, 1.807) is 25.1 Å². The van der Waals surface area contributed by atoms with Gasteiger partial charge in [-0.05, 0) is 30.7 Å². The Hall–Kier alpha value is -1.34. The normalized spacial score (nSPS) is 15.3. The van der Waals surface area contributed by atoms with Crippen molar-refractivity contribution < 1.29 is 13.2 Å². The molecular formula is C12H11BrF3N3. The number of H-pyrrole nitrogens is 1. The molecule has 0 fully saturated rings. The number of benzene rings is 1. The monoisotopic (exact) mass is 333 g/mol. The molecule has 102 valence electrons. The number of nitrogens with two attached hydrogens (primary N) is 1. The zero-order valence-electron chi connectivity index (χ0n) is 9.92. The van der Waals surface area contributed by atoms with Crippen LogP contribution in [0.5, 0.6) is 0 Å². The predicted molar refractivity (Wildman–Crippen MR) is 68.4 cm³/mol. The van der Waals surface area contributed by atoms with Crippen LogP contribution in [0.25, 0.3) is 0 Å². The number of halogens is 4. The van der Waals surface area contributed by atoms with E-state index in [0.717, 1.165) is 10.5 Å². The van der Waals surface area contributed by atoms with Gasteiger partial charge in [0.05, 0.1) is 11.2 Å². The number of alkyl halides is 3. The highest BCUT2D eigenvalue weighted by atomic mass is 79.9. The number of nitrogens with one attached hydrogen (secondary N) is 1. The third-order valence-electron chi connectivity index (χ3n) is 2.85. The lowest BCUT2D eigenvalue weighted by atomic mass is 9.90. The molecule has 0 aliphatic carbocycles. The smallest absolute Gasteiger partial charge is 0.317 e. The molecule has 0 saturated heterocycles. The van der Waals surface area contributed by atoms with Gasteiger partial charge in [0.1, 0.15) is 0 Å². The molecule has 1 aromatic heterocycles. The van der Waals surface area contributed by atoms with Crippen molar-refractivity contribution in [1.82, 2.24) is 10.2 Å². The van der Waals surface area contributed by atoms with Gasteiger partial charge in [-0.15, -0.1) is 0 Å². The first-order valence-corrected chi connectivity index (χ1v) is 6.18. The SMILES string of the molecule is CC(N)(c1cccc(Br)c1)c1cc(C(F)(F)F)n[nH]1. The molecule has 0 aliphatic heterocycles. The molecule has 0 radical (unpaired) electrons. The third kappa shape index (κ3) is 2.82. The first kappa shape index (κ1) is 14.1. The van der Waals surface area contributed by atoms with Gasteiger partial charge >= 0.3 is 6.18 Å². The molecule has 1 unspecified atom stereocenters. The highest BCUT2D eigenvalue weighted by molar-refractivity contribution is 9.10. The van der Waals surface area contributed by atoms with Gasteiger partial charge in [-0.2, -0.15) is 18.3 Å². The molecular weight excluding hydrogens is 323 g/mol. The van der Waals surface area contributed by atoms with Crippen LogP contribution >= 0.6 is 15.9 Å². The fourth-order valence-electron chi connectivity index (χ4n) is 1.70. The Balaban J connectivity index is 2.42. The largest absolute Gasteiger partial charge is 0.435 e. The lowest BCUT2D eigenvalue weighted by Crippen LogP contribution is -2.34. The number of nitrogens with zero attached hydrogens (tertiary/aromatic N) is 1. The minimum atomic E-state index is -4.48. The maximum Gasteiger partial charge on any atom is 0.435 e. The highest BCUT2D eigenvalue weighted by Gasteiger charge is 2.36. The molecule has 1 heterocycles. The van der Waals surface area contributed by atoms with E-state index in [2.05, 4.69) is 26.1 Å². The second-order valence-electron chi connectivity index (χ2n) is 4.38. The first-order chi connectivity index (χ1) is 8.71. The van der Waals surface area contributed by atoms with Gasteiger partial charge in [0.25, 0.3) is 0 Å². The summed E-state index contributed by atoms with van der Waals surface area (Å²) >= 11 is 3.30. The Morgan fingerprint density at radius 3 is 2.47 bits per heavy atom. The number of hydrogen-bond acceptors (Lipinski definition) is 2. The Bertz CT molecular complexity index is 590. The maximum absolute atomic E-state index is 12.5. The van der Waals surface area contributed by atoms with Gasteiger partial charge < -0.3 is 5.73 Å². The molecule has 3 nitrogen and oxygen atoms in total. The van der Waals surface area contributed by atoms with Crippen molar-refractivity contribution in [3.63, 3.8) is 0 Å². The molecule has 0 amide bonds. The number of hydrogen-bond donors (Lipinski definition) is 2. The third-order valence-corrected chi connectivity index (χ3v) is 3.35. The standard InChI is InChI=1S/C12H11BrF3N3/c1-11(17,7-3-2-4-8(13)5-7)9-6-10(19-18-9)12(14,15)16/h2-6H,17H2,1H3,(H,18,19). The van der Waals surface area contributed by atoms with Gasteiger partial charge in [-0.25, -0.2) is 0 Å². The Morgan fingerprint density at radius 2 is 1.95 bits per heavy atom. The summed E-state index contributed by atoms with van der Waals surface area (Å²) in [7, 11) is 0. The molecule has 0 aliphatic rings. The van der Waals surface area contributed by atoms with Gasteiger partial charge in [0.2, 0.25) is 0 Å². The van der Waals surface area contributed by atoms with Gasteiger partial charge in [0, 0.05) is 4.47 Å². The van der Waals surface area contributed by atoms with Crippen LogP contribution in [-0.4, -0.2) is 10.2 Å². The van der Waals surface area contributed by atoms with E-state index in [1.807, 2.05) is 6.07 Å². The van der Waals surface area contributed by atoms with Crippen molar-refractivity contribution in [2.45, 2.75) is 18.6 Å². The fraction of sp³-hybridized carbons (Fsp3) is 0.250. The van der Waals surface area contributed by atoms with E-state index in [-0.39, 0.29) is 5.69 Å². The minimum Gasteiger partial charge on any atom is -0.317 e. The van der Waals surface area contributed by atoms with Crippen LogP contribution in [0.15, 0.2) is 34.8 Å². The topological polar surface area (TPSA) is 54.7 Å². The van der Waals surface area contributed by atoms with E-state index in [1.165, 1.54) is 0 Å². The average Bonchev–Trinajstić information content (AvgIpc) is 2.78. The Morgan fingerprint density at radius 1 is 1.26 bits per heavy atom. The molecule has 3 N–H and O–H groups in total. The highest BCUT2D eigenvalue weighted by Crippen LogP contribution is 2.32. The molecule has 0 spiro atoms. The summed E-state index contributed by atoms with van der Waals surface area (Å²) in [4.78, 5) is 0. The summed E-state index contributed by atoms with van der Waals surface area (Å²) in [6, 6.07) is 8.02. The van der Waals surface area contributed by atoms with E-state index in [0.29, 0.717) is 5.56 Å². The Kier molecular flexibility index (Phi) is 3.44. The van der Waals surface area contributed by atoms with E-state index in [9.17, 15) is 13.2 Å². The Labute approximate surface area is 116 Å². The first-order valence-electron chi connectivity index (χ1n) is 5.39. The second kappa shape index (κ2) is 4.64. The second-order valence-corrected chi connectivity index (χ2v) is 5.29. The van der Waals surface area contributed by atoms with E-state index in [4.69, 9.17) is 5.73 Å². The maximum atomic E-state index is 12.5. The van der Waals surface area contributed by atoms with Crippen LogP contribution in [0.2, 0.25) is 0 Å². The summed E-state index contributed by atoms with van der Waals surface area (Å²) in [6.07, 6.45) is -4.48. The number of rotatable bonds is 2. The molecule has 2 aromatic rings. The van der Waals surface area contributed by atoms with E-state index >= 15 is 0 Å². The number of aromatic nitrogens is 2. The average molecular weight is 334 g/mol. The van der Waals surface area contributed by atoms with Crippen LogP contribution in [0, 0.1) is 0 Å². The van der Waals surface area contributed by atoms with Gasteiger partial charge in [-0.1, -0.05) is 28.1 Å². The van der Waals surface area contributed by atoms with Crippen LogP contribution in [0.1, 0.15) is 23.9 Å². The van der Waals surface area contributed by atoms with Crippen molar-refractivity contribution in [3.8, 4) is 0 Å². The summed E-state index contributed by atoms with van der Waals surface area (Å²) in [5, 5.41) is 5.62. The van der Waals surface area contributed by atoms with Crippen molar-refractivity contribution in [2.24, 2.45) is 5.73 Å². The van der Waals surface area contributed by atoms with Gasteiger partial charge in [-0.3, -0.25) is 5.10 Å².